The normalized spacial score (nSPS) is 21.2. The molecule has 2 heterocycles. The molecule has 0 radical (unpaired) electrons. The van der Waals surface area contributed by atoms with Crippen molar-refractivity contribution < 1.29 is 14.4 Å². The van der Waals surface area contributed by atoms with Crippen LogP contribution in [0.1, 0.15) is 61.0 Å². The minimum atomic E-state index is -0.663. The van der Waals surface area contributed by atoms with Crippen LogP contribution in [0.2, 0.25) is 0 Å². The summed E-state index contributed by atoms with van der Waals surface area (Å²) in [4.78, 5) is 41.4. The number of thioether (sulfide) groups is 1. The van der Waals surface area contributed by atoms with Gasteiger partial charge in [-0.15, -0.1) is 11.8 Å². The topological polar surface area (TPSA) is 78.5 Å². The Morgan fingerprint density at radius 3 is 2.44 bits per heavy atom. The standard InChI is InChI=1S/C27H33N3O3S/c1-17(2)21(23(31)28-16-10-13-18-11-6-5-7-12-18)29-24(32)22-27(3,4)34-26-20-15-9-8-14-19(20)25(33)30(22)26/h5-9,11-12,14-15,17,21-22,26H,10,13,16H2,1-4H3,(H,28,31)(H,29,32). The Morgan fingerprint density at radius 1 is 1.06 bits per heavy atom. The van der Waals surface area contributed by atoms with Crippen LogP contribution >= 0.6 is 11.8 Å². The number of hydrogen-bond acceptors (Lipinski definition) is 4. The highest BCUT2D eigenvalue weighted by Gasteiger charge is 2.57. The van der Waals surface area contributed by atoms with Crippen LogP contribution in [0.3, 0.4) is 0 Å². The third-order valence-corrected chi connectivity index (χ3v) is 8.11. The fourth-order valence-electron chi connectivity index (χ4n) is 4.83. The number of carbonyl (C=O) groups is 3. The summed E-state index contributed by atoms with van der Waals surface area (Å²) in [5, 5.41) is 5.77. The minimum Gasteiger partial charge on any atom is -0.354 e. The Morgan fingerprint density at radius 2 is 1.74 bits per heavy atom. The van der Waals surface area contributed by atoms with Crippen molar-refractivity contribution in [2.45, 2.75) is 62.7 Å². The Balaban J connectivity index is 1.41. The van der Waals surface area contributed by atoms with Crippen LogP contribution in [0.25, 0.3) is 0 Å². The molecule has 6 nitrogen and oxygen atoms in total. The van der Waals surface area contributed by atoms with E-state index in [1.54, 1.807) is 16.7 Å². The first-order valence-corrected chi connectivity index (χ1v) is 12.8. The van der Waals surface area contributed by atoms with Gasteiger partial charge in [-0.25, -0.2) is 0 Å². The Labute approximate surface area is 205 Å². The molecule has 2 aliphatic heterocycles. The zero-order valence-electron chi connectivity index (χ0n) is 20.2. The van der Waals surface area contributed by atoms with Gasteiger partial charge in [-0.05, 0) is 49.8 Å². The Kier molecular flexibility index (Phi) is 7.03. The molecule has 34 heavy (non-hydrogen) atoms. The minimum absolute atomic E-state index is 0.0856. The van der Waals surface area contributed by atoms with Crippen molar-refractivity contribution >= 4 is 29.5 Å². The van der Waals surface area contributed by atoms with E-state index in [1.807, 2.05) is 70.2 Å². The van der Waals surface area contributed by atoms with Crippen LogP contribution in [0, 0.1) is 5.92 Å². The number of fused-ring (bicyclic) bond motifs is 3. The van der Waals surface area contributed by atoms with Crippen molar-refractivity contribution in [2.24, 2.45) is 5.92 Å². The molecule has 180 valence electrons. The van der Waals surface area contributed by atoms with E-state index in [0.29, 0.717) is 12.1 Å². The highest BCUT2D eigenvalue weighted by atomic mass is 32.2. The molecule has 3 amide bonds. The maximum atomic E-state index is 13.5. The summed E-state index contributed by atoms with van der Waals surface area (Å²) in [7, 11) is 0. The molecule has 0 aliphatic carbocycles. The third kappa shape index (κ3) is 4.71. The second kappa shape index (κ2) is 9.82. The van der Waals surface area contributed by atoms with Crippen LogP contribution in [-0.4, -0.2) is 46.0 Å². The molecule has 1 fully saturated rings. The van der Waals surface area contributed by atoms with E-state index in [4.69, 9.17) is 0 Å². The van der Waals surface area contributed by atoms with Crippen molar-refractivity contribution in [1.29, 1.82) is 0 Å². The molecular formula is C27H33N3O3S. The third-order valence-electron chi connectivity index (χ3n) is 6.58. The van der Waals surface area contributed by atoms with Gasteiger partial charge in [0.05, 0.1) is 0 Å². The first-order chi connectivity index (χ1) is 16.2. The highest BCUT2D eigenvalue weighted by Crippen LogP contribution is 2.56. The maximum absolute atomic E-state index is 13.5. The average molecular weight is 480 g/mol. The summed E-state index contributed by atoms with van der Waals surface area (Å²) in [6, 6.07) is 16.4. The van der Waals surface area contributed by atoms with Gasteiger partial charge in [-0.3, -0.25) is 14.4 Å². The van der Waals surface area contributed by atoms with Gasteiger partial charge in [0.25, 0.3) is 5.91 Å². The van der Waals surface area contributed by atoms with Gasteiger partial charge in [-0.1, -0.05) is 62.4 Å². The van der Waals surface area contributed by atoms with Gasteiger partial charge in [-0.2, -0.15) is 0 Å². The van der Waals surface area contributed by atoms with Crippen molar-refractivity contribution in [3.63, 3.8) is 0 Å². The molecular weight excluding hydrogens is 446 g/mol. The van der Waals surface area contributed by atoms with E-state index in [2.05, 4.69) is 22.8 Å². The molecule has 0 aromatic heterocycles. The van der Waals surface area contributed by atoms with Crippen molar-refractivity contribution in [1.82, 2.24) is 15.5 Å². The van der Waals surface area contributed by atoms with Gasteiger partial charge >= 0.3 is 0 Å². The molecule has 0 saturated carbocycles. The zero-order chi connectivity index (χ0) is 24.5. The molecule has 7 heteroatoms. The van der Waals surface area contributed by atoms with E-state index in [1.165, 1.54) is 5.56 Å². The van der Waals surface area contributed by atoms with Crippen LogP contribution in [0.4, 0.5) is 0 Å². The fraction of sp³-hybridized carbons (Fsp3) is 0.444. The van der Waals surface area contributed by atoms with E-state index in [9.17, 15) is 14.4 Å². The number of amides is 3. The summed E-state index contributed by atoms with van der Waals surface area (Å²) < 4.78 is -0.481. The van der Waals surface area contributed by atoms with Crippen molar-refractivity contribution in [3.05, 3.63) is 71.3 Å². The average Bonchev–Trinajstić information content (AvgIpc) is 3.24. The van der Waals surface area contributed by atoms with Crippen LogP contribution < -0.4 is 10.6 Å². The largest absolute Gasteiger partial charge is 0.354 e. The first kappa shape index (κ1) is 24.3. The monoisotopic (exact) mass is 479 g/mol. The second-order valence-electron chi connectivity index (χ2n) is 9.89. The van der Waals surface area contributed by atoms with Crippen LogP contribution in [-0.2, 0) is 16.0 Å². The second-order valence-corrected chi connectivity index (χ2v) is 11.6. The number of nitrogens with one attached hydrogen (secondary N) is 2. The summed E-state index contributed by atoms with van der Waals surface area (Å²) in [6.45, 7) is 8.36. The molecule has 2 aromatic rings. The summed E-state index contributed by atoms with van der Waals surface area (Å²) in [5.74, 6) is -0.672. The van der Waals surface area contributed by atoms with E-state index < -0.39 is 16.8 Å². The Hall–Kier alpha value is -2.80. The first-order valence-electron chi connectivity index (χ1n) is 11.9. The summed E-state index contributed by atoms with van der Waals surface area (Å²) >= 11 is 1.62. The van der Waals surface area contributed by atoms with Gasteiger partial charge in [0.1, 0.15) is 17.5 Å². The summed E-state index contributed by atoms with van der Waals surface area (Å²) in [6.07, 6.45) is 1.70. The molecule has 0 bridgehead atoms. The molecule has 2 aromatic carbocycles. The predicted molar refractivity (Wildman–Crippen MR) is 135 cm³/mol. The van der Waals surface area contributed by atoms with E-state index in [0.717, 1.165) is 18.4 Å². The number of carbonyl (C=O) groups excluding carboxylic acids is 3. The smallest absolute Gasteiger partial charge is 0.256 e. The molecule has 3 atom stereocenters. The van der Waals surface area contributed by atoms with Crippen molar-refractivity contribution in [3.8, 4) is 0 Å². The lowest BCUT2D eigenvalue weighted by atomic mass is 9.98. The Bertz CT molecular complexity index is 1070. The summed E-state index contributed by atoms with van der Waals surface area (Å²) in [5.41, 5.74) is 2.85. The molecule has 0 spiro atoms. The lowest BCUT2D eigenvalue weighted by Crippen LogP contribution is -2.58. The molecule has 1 saturated heterocycles. The lowest BCUT2D eigenvalue weighted by Gasteiger charge is -2.32. The molecule has 3 unspecified atom stereocenters. The zero-order valence-corrected chi connectivity index (χ0v) is 21.0. The van der Waals surface area contributed by atoms with Crippen LogP contribution in [0.15, 0.2) is 54.6 Å². The van der Waals surface area contributed by atoms with Gasteiger partial charge in [0, 0.05) is 16.9 Å². The van der Waals surface area contributed by atoms with Crippen LogP contribution in [0.5, 0.6) is 0 Å². The fourth-order valence-corrected chi connectivity index (χ4v) is 6.42. The lowest BCUT2D eigenvalue weighted by molar-refractivity contribution is -0.132. The maximum Gasteiger partial charge on any atom is 0.256 e. The number of nitrogens with zero attached hydrogens (tertiary/aromatic N) is 1. The molecule has 2 aliphatic rings. The quantitative estimate of drug-likeness (QED) is 0.563. The number of rotatable bonds is 8. The van der Waals surface area contributed by atoms with Gasteiger partial charge < -0.3 is 15.5 Å². The molecule has 4 rings (SSSR count). The molecule has 2 N–H and O–H groups in total. The van der Waals surface area contributed by atoms with E-state index >= 15 is 0 Å². The van der Waals surface area contributed by atoms with Crippen molar-refractivity contribution in [2.75, 3.05) is 6.54 Å². The SMILES string of the molecule is CC(C)C(NC(=O)C1N2C(=O)c3ccccc3C2SC1(C)C)C(=O)NCCCc1ccccc1. The number of benzene rings is 2. The van der Waals surface area contributed by atoms with E-state index in [-0.39, 0.29) is 29.0 Å². The van der Waals surface area contributed by atoms with Gasteiger partial charge in [0.15, 0.2) is 0 Å². The highest BCUT2D eigenvalue weighted by molar-refractivity contribution is 8.01. The predicted octanol–water partition coefficient (Wildman–Crippen LogP) is 3.92. The number of hydrogen-bond donors (Lipinski definition) is 2. The van der Waals surface area contributed by atoms with Gasteiger partial charge in [0.2, 0.25) is 11.8 Å². The number of aryl methyl sites for hydroxylation is 1.